The minimum Gasteiger partial charge on any atom is -0.478 e. The van der Waals surface area contributed by atoms with Crippen molar-refractivity contribution >= 4 is 16.9 Å². The number of fused-ring (bicyclic) bond motifs is 1. The van der Waals surface area contributed by atoms with E-state index in [0.717, 1.165) is 10.9 Å². The summed E-state index contributed by atoms with van der Waals surface area (Å²) < 4.78 is 5.79. The van der Waals surface area contributed by atoms with Crippen molar-refractivity contribution < 1.29 is 14.6 Å². The van der Waals surface area contributed by atoms with Crippen molar-refractivity contribution in [1.82, 2.24) is 4.98 Å². The summed E-state index contributed by atoms with van der Waals surface area (Å²) in [7, 11) is 0. The van der Waals surface area contributed by atoms with E-state index in [0.29, 0.717) is 11.5 Å². The highest BCUT2D eigenvalue weighted by atomic mass is 16.5. The van der Waals surface area contributed by atoms with Gasteiger partial charge in [0.25, 0.3) is 0 Å². The number of carboxylic acids is 1. The summed E-state index contributed by atoms with van der Waals surface area (Å²) in [6.45, 7) is 0. The van der Waals surface area contributed by atoms with E-state index in [4.69, 9.17) is 9.84 Å². The highest BCUT2D eigenvalue weighted by molar-refractivity contribution is 5.88. The van der Waals surface area contributed by atoms with Gasteiger partial charge in [0.05, 0.1) is 11.1 Å². The van der Waals surface area contributed by atoms with Gasteiger partial charge in [-0.15, -0.1) is 0 Å². The molecule has 4 heteroatoms. The van der Waals surface area contributed by atoms with Gasteiger partial charge in [0.15, 0.2) is 0 Å². The number of hydrogen-bond acceptors (Lipinski definition) is 3. The fraction of sp³-hybridized carbons (Fsp3) is 0. The fourth-order valence-electron chi connectivity index (χ4n) is 1.95. The van der Waals surface area contributed by atoms with Crippen LogP contribution in [0.5, 0.6) is 11.5 Å². The second-order valence-electron chi connectivity index (χ2n) is 4.26. The molecule has 0 aliphatic heterocycles. The highest BCUT2D eigenvalue weighted by Crippen LogP contribution is 2.28. The molecule has 1 heterocycles. The van der Waals surface area contributed by atoms with E-state index >= 15 is 0 Å². The van der Waals surface area contributed by atoms with E-state index in [1.165, 1.54) is 12.1 Å². The van der Waals surface area contributed by atoms with Crippen LogP contribution >= 0.6 is 0 Å². The summed E-state index contributed by atoms with van der Waals surface area (Å²) in [4.78, 5) is 15.1. The molecule has 0 aliphatic carbocycles. The van der Waals surface area contributed by atoms with Crippen LogP contribution in [0.2, 0.25) is 0 Å². The van der Waals surface area contributed by atoms with E-state index in [9.17, 15) is 4.79 Å². The third-order valence-corrected chi connectivity index (χ3v) is 2.94. The maximum absolute atomic E-state index is 10.8. The standard InChI is InChI=1S/C16H11NO3/c18-16(19)11-5-7-12(8-6-11)20-15-9-10-17-14-4-2-1-3-13(14)15/h1-10H,(H,18,19). The Balaban J connectivity index is 1.95. The van der Waals surface area contributed by atoms with Crippen LogP contribution in [0.15, 0.2) is 60.8 Å². The lowest BCUT2D eigenvalue weighted by molar-refractivity contribution is 0.0697. The Hall–Kier alpha value is -2.88. The van der Waals surface area contributed by atoms with Crippen molar-refractivity contribution in [1.29, 1.82) is 0 Å². The Bertz CT molecular complexity index is 761. The van der Waals surface area contributed by atoms with E-state index in [-0.39, 0.29) is 5.56 Å². The van der Waals surface area contributed by atoms with Crippen molar-refractivity contribution in [2.75, 3.05) is 0 Å². The number of rotatable bonds is 3. The minimum atomic E-state index is -0.953. The maximum atomic E-state index is 10.8. The lowest BCUT2D eigenvalue weighted by Gasteiger charge is -2.08. The van der Waals surface area contributed by atoms with Crippen LogP contribution in [0, 0.1) is 0 Å². The molecule has 98 valence electrons. The van der Waals surface area contributed by atoms with E-state index in [1.54, 1.807) is 24.4 Å². The lowest BCUT2D eigenvalue weighted by Crippen LogP contribution is -1.95. The number of aromatic nitrogens is 1. The fourth-order valence-corrected chi connectivity index (χ4v) is 1.95. The van der Waals surface area contributed by atoms with Crippen molar-refractivity contribution in [3.8, 4) is 11.5 Å². The van der Waals surface area contributed by atoms with Crippen molar-refractivity contribution in [2.45, 2.75) is 0 Å². The normalized spacial score (nSPS) is 10.4. The van der Waals surface area contributed by atoms with Crippen LogP contribution < -0.4 is 4.74 Å². The number of pyridine rings is 1. The molecule has 2 aromatic carbocycles. The molecule has 0 saturated carbocycles. The van der Waals surface area contributed by atoms with Crippen LogP contribution in [-0.4, -0.2) is 16.1 Å². The number of hydrogen-bond donors (Lipinski definition) is 1. The molecule has 0 saturated heterocycles. The first-order chi connectivity index (χ1) is 9.74. The van der Waals surface area contributed by atoms with Gasteiger partial charge < -0.3 is 9.84 Å². The smallest absolute Gasteiger partial charge is 0.335 e. The molecule has 1 aromatic heterocycles. The molecule has 0 spiro atoms. The Kier molecular flexibility index (Phi) is 3.05. The number of benzene rings is 2. The summed E-state index contributed by atoms with van der Waals surface area (Å²) in [5, 5.41) is 9.77. The Labute approximate surface area is 115 Å². The molecule has 4 nitrogen and oxygen atoms in total. The van der Waals surface area contributed by atoms with Gasteiger partial charge in [-0.1, -0.05) is 12.1 Å². The van der Waals surface area contributed by atoms with Gasteiger partial charge in [0.1, 0.15) is 11.5 Å². The summed E-state index contributed by atoms with van der Waals surface area (Å²) in [5.74, 6) is 0.330. The first-order valence-electron chi connectivity index (χ1n) is 6.09. The van der Waals surface area contributed by atoms with Crippen LogP contribution in [-0.2, 0) is 0 Å². The molecular formula is C16H11NO3. The predicted molar refractivity (Wildman–Crippen MR) is 75.2 cm³/mol. The number of para-hydroxylation sites is 1. The molecule has 3 rings (SSSR count). The van der Waals surface area contributed by atoms with E-state index in [2.05, 4.69) is 4.98 Å². The Morgan fingerprint density at radius 1 is 1.00 bits per heavy atom. The number of carboxylic acid groups (broad SMARTS) is 1. The van der Waals surface area contributed by atoms with Crippen molar-refractivity contribution in [3.63, 3.8) is 0 Å². The second kappa shape index (κ2) is 5.01. The lowest BCUT2D eigenvalue weighted by atomic mass is 10.2. The molecule has 3 aromatic rings. The summed E-state index contributed by atoms with van der Waals surface area (Å²) in [6, 6.07) is 15.8. The van der Waals surface area contributed by atoms with Crippen LogP contribution in [0.1, 0.15) is 10.4 Å². The maximum Gasteiger partial charge on any atom is 0.335 e. The molecule has 0 fully saturated rings. The van der Waals surface area contributed by atoms with Gasteiger partial charge in [0, 0.05) is 11.6 Å². The monoisotopic (exact) mass is 265 g/mol. The summed E-state index contributed by atoms with van der Waals surface area (Å²) in [5.41, 5.74) is 1.09. The van der Waals surface area contributed by atoms with E-state index in [1.807, 2.05) is 24.3 Å². The largest absolute Gasteiger partial charge is 0.478 e. The SMILES string of the molecule is O=C(O)c1ccc(Oc2ccnc3ccccc23)cc1. The second-order valence-corrected chi connectivity index (χ2v) is 4.26. The summed E-state index contributed by atoms with van der Waals surface area (Å²) >= 11 is 0. The predicted octanol–water partition coefficient (Wildman–Crippen LogP) is 3.73. The van der Waals surface area contributed by atoms with Crippen LogP contribution in [0.3, 0.4) is 0 Å². The van der Waals surface area contributed by atoms with Gasteiger partial charge in [-0.05, 0) is 42.5 Å². The zero-order chi connectivity index (χ0) is 13.9. The third-order valence-electron chi connectivity index (χ3n) is 2.94. The van der Waals surface area contributed by atoms with Gasteiger partial charge in [-0.3, -0.25) is 4.98 Å². The first kappa shape index (κ1) is 12.2. The molecular weight excluding hydrogens is 254 g/mol. The van der Waals surface area contributed by atoms with Crippen molar-refractivity contribution in [3.05, 3.63) is 66.4 Å². The highest BCUT2D eigenvalue weighted by Gasteiger charge is 2.05. The molecule has 0 bridgehead atoms. The molecule has 0 aliphatic rings. The third kappa shape index (κ3) is 2.31. The van der Waals surface area contributed by atoms with Gasteiger partial charge >= 0.3 is 5.97 Å². The van der Waals surface area contributed by atoms with E-state index < -0.39 is 5.97 Å². The molecule has 0 radical (unpaired) electrons. The van der Waals surface area contributed by atoms with Gasteiger partial charge in [0.2, 0.25) is 0 Å². The topological polar surface area (TPSA) is 59.4 Å². The number of carbonyl (C=O) groups is 1. The molecule has 1 N–H and O–H groups in total. The molecule has 0 atom stereocenters. The Morgan fingerprint density at radius 3 is 2.50 bits per heavy atom. The molecule has 0 unspecified atom stereocenters. The average Bonchev–Trinajstić information content (AvgIpc) is 2.48. The van der Waals surface area contributed by atoms with Gasteiger partial charge in [-0.2, -0.15) is 0 Å². The number of aromatic carboxylic acids is 1. The van der Waals surface area contributed by atoms with Gasteiger partial charge in [-0.25, -0.2) is 4.79 Å². The average molecular weight is 265 g/mol. The molecule has 0 amide bonds. The van der Waals surface area contributed by atoms with Crippen molar-refractivity contribution in [2.24, 2.45) is 0 Å². The number of ether oxygens (including phenoxy) is 1. The molecule has 20 heavy (non-hydrogen) atoms. The van der Waals surface area contributed by atoms with Crippen LogP contribution in [0.25, 0.3) is 10.9 Å². The minimum absolute atomic E-state index is 0.233. The zero-order valence-electron chi connectivity index (χ0n) is 10.5. The summed E-state index contributed by atoms with van der Waals surface area (Å²) in [6.07, 6.45) is 1.68. The number of nitrogens with zero attached hydrogens (tertiary/aromatic N) is 1. The quantitative estimate of drug-likeness (QED) is 0.784. The zero-order valence-corrected chi connectivity index (χ0v) is 10.5. The van der Waals surface area contributed by atoms with Crippen LogP contribution in [0.4, 0.5) is 0 Å². The Morgan fingerprint density at radius 2 is 1.75 bits per heavy atom. The first-order valence-corrected chi connectivity index (χ1v) is 6.09.